The molecule has 1 aliphatic rings. The van der Waals surface area contributed by atoms with Crippen LogP contribution in [0.25, 0.3) is 0 Å². The number of hydrogen-bond acceptors (Lipinski definition) is 4. The van der Waals surface area contributed by atoms with Gasteiger partial charge in [0.05, 0.1) is 10.6 Å². The molecule has 0 bridgehead atoms. The molecule has 0 aliphatic heterocycles. The summed E-state index contributed by atoms with van der Waals surface area (Å²) in [7, 11) is -4.08. The Kier molecular flexibility index (Phi) is 9.85. The van der Waals surface area contributed by atoms with Gasteiger partial charge in [-0.1, -0.05) is 81.1 Å². The quantitative estimate of drug-likeness (QED) is 0.291. The highest BCUT2D eigenvalue weighted by atomic mass is 79.9. The van der Waals surface area contributed by atoms with E-state index in [1.54, 1.807) is 49.4 Å². The maximum atomic E-state index is 14.0. The molecular weight excluding hydrogens is 646 g/mol. The van der Waals surface area contributed by atoms with Crippen molar-refractivity contribution in [2.24, 2.45) is 0 Å². The molecule has 0 saturated heterocycles. The highest BCUT2D eigenvalue weighted by molar-refractivity contribution is 9.10. The Hall–Kier alpha value is -2.69. The fourth-order valence-electron chi connectivity index (χ4n) is 4.64. The second kappa shape index (κ2) is 13.1. The van der Waals surface area contributed by atoms with Crippen molar-refractivity contribution in [1.82, 2.24) is 10.2 Å². The zero-order valence-corrected chi connectivity index (χ0v) is 25.6. The van der Waals surface area contributed by atoms with Gasteiger partial charge in [-0.05, 0) is 67.8 Å². The summed E-state index contributed by atoms with van der Waals surface area (Å²) in [6.07, 6.45) is 3.98. The molecule has 2 amide bonds. The molecule has 1 aliphatic carbocycles. The van der Waals surface area contributed by atoms with Crippen LogP contribution in [0.5, 0.6) is 0 Å². The largest absolute Gasteiger partial charge is 0.352 e. The number of halogens is 2. The average molecular weight is 677 g/mol. The van der Waals surface area contributed by atoms with Crippen molar-refractivity contribution in [2.45, 2.75) is 56.1 Å². The maximum Gasteiger partial charge on any atom is 0.264 e. The number of hydrogen-bond donors (Lipinski definition) is 1. The monoisotopic (exact) mass is 675 g/mol. The van der Waals surface area contributed by atoms with Crippen LogP contribution < -0.4 is 9.62 Å². The van der Waals surface area contributed by atoms with Crippen LogP contribution >= 0.6 is 31.9 Å². The summed E-state index contributed by atoms with van der Waals surface area (Å²) < 4.78 is 30.2. The third-order valence-electron chi connectivity index (χ3n) is 6.84. The number of anilines is 1. The van der Waals surface area contributed by atoms with Gasteiger partial charge in [-0.3, -0.25) is 13.9 Å². The van der Waals surface area contributed by atoms with Crippen molar-refractivity contribution in [1.29, 1.82) is 0 Å². The number of carbonyl (C=O) groups excluding carboxylic acids is 2. The number of rotatable bonds is 10. The van der Waals surface area contributed by atoms with Crippen LogP contribution in [0.4, 0.5) is 5.69 Å². The highest BCUT2D eigenvalue weighted by Crippen LogP contribution is 2.27. The van der Waals surface area contributed by atoms with Crippen LogP contribution in [-0.4, -0.2) is 43.8 Å². The van der Waals surface area contributed by atoms with Crippen molar-refractivity contribution in [3.8, 4) is 0 Å². The number of amides is 2. The molecule has 10 heteroatoms. The maximum absolute atomic E-state index is 14.0. The fourth-order valence-corrected chi connectivity index (χ4v) is 6.72. The number of nitrogens with one attached hydrogen (secondary N) is 1. The van der Waals surface area contributed by atoms with Crippen LogP contribution in [0.2, 0.25) is 0 Å². The molecular formula is C29H31Br2N3O4S. The second-order valence-corrected chi connectivity index (χ2v) is 13.3. The van der Waals surface area contributed by atoms with Crippen molar-refractivity contribution < 1.29 is 18.0 Å². The summed E-state index contributed by atoms with van der Waals surface area (Å²) >= 11 is 6.84. The normalized spacial score (nSPS) is 14.5. The molecule has 0 aromatic heterocycles. The van der Waals surface area contributed by atoms with E-state index in [-0.39, 0.29) is 23.4 Å². The lowest BCUT2D eigenvalue weighted by atomic mass is 10.1. The van der Waals surface area contributed by atoms with Crippen LogP contribution in [0.3, 0.4) is 0 Å². The van der Waals surface area contributed by atoms with Crippen LogP contribution in [0.15, 0.2) is 92.7 Å². The molecule has 0 radical (unpaired) electrons. The number of carbonyl (C=O) groups is 2. The fraction of sp³-hybridized carbons (Fsp3) is 0.310. The van der Waals surface area contributed by atoms with E-state index in [4.69, 9.17) is 0 Å². The molecule has 39 heavy (non-hydrogen) atoms. The summed E-state index contributed by atoms with van der Waals surface area (Å²) in [6, 6.07) is 21.6. The lowest BCUT2D eigenvalue weighted by Gasteiger charge is -2.32. The smallest absolute Gasteiger partial charge is 0.264 e. The zero-order valence-electron chi connectivity index (χ0n) is 21.6. The van der Waals surface area contributed by atoms with Gasteiger partial charge in [-0.2, -0.15) is 0 Å². The molecule has 1 unspecified atom stereocenters. The molecule has 0 spiro atoms. The Balaban J connectivity index is 1.67. The van der Waals surface area contributed by atoms with E-state index in [1.807, 2.05) is 24.3 Å². The molecule has 7 nitrogen and oxygen atoms in total. The summed E-state index contributed by atoms with van der Waals surface area (Å²) in [5.41, 5.74) is 1.17. The van der Waals surface area contributed by atoms with E-state index in [1.165, 1.54) is 17.0 Å². The first-order chi connectivity index (χ1) is 18.6. The van der Waals surface area contributed by atoms with E-state index in [9.17, 15) is 18.0 Å². The standard InChI is InChI=1S/C29H31Br2N3O4S/c1-21(29(36)32-25-9-5-6-10-25)33(19-22-14-16-23(30)17-15-22)28(35)20-34(26-11-7-8-24(31)18-26)39(37,38)27-12-3-2-4-13-27/h2-4,7-8,11-18,21,25H,5-6,9-10,19-20H2,1H3,(H,32,36). The van der Waals surface area contributed by atoms with Gasteiger partial charge < -0.3 is 10.2 Å². The minimum atomic E-state index is -4.08. The summed E-state index contributed by atoms with van der Waals surface area (Å²) in [5.74, 6) is -0.723. The number of sulfonamides is 1. The van der Waals surface area contributed by atoms with Gasteiger partial charge >= 0.3 is 0 Å². The van der Waals surface area contributed by atoms with Gasteiger partial charge in [0.15, 0.2) is 0 Å². The SMILES string of the molecule is CC(C(=O)NC1CCCC1)N(Cc1ccc(Br)cc1)C(=O)CN(c1cccc(Br)c1)S(=O)(=O)c1ccccc1. The molecule has 3 aromatic carbocycles. The first-order valence-corrected chi connectivity index (χ1v) is 15.9. The van der Waals surface area contributed by atoms with Crippen LogP contribution in [0.1, 0.15) is 38.2 Å². The van der Waals surface area contributed by atoms with Gasteiger partial charge in [0.2, 0.25) is 11.8 Å². The van der Waals surface area contributed by atoms with E-state index < -0.39 is 28.5 Å². The Morgan fingerprint density at radius 2 is 1.59 bits per heavy atom. The summed E-state index contributed by atoms with van der Waals surface area (Å²) in [6.45, 7) is 1.38. The van der Waals surface area contributed by atoms with Crippen LogP contribution in [-0.2, 0) is 26.2 Å². The van der Waals surface area contributed by atoms with Crippen molar-refractivity contribution in [3.63, 3.8) is 0 Å². The molecule has 1 atom stereocenters. The van der Waals surface area contributed by atoms with Crippen molar-refractivity contribution in [3.05, 3.63) is 93.4 Å². The average Bonchev–Trinajstić information content (AvgIpc) is 3.44. The van der Waals surface area contributed by atoms with E-state index in [2.05, 4.69) is 37.2 Å². The number of benzene rings is 3. The van der Waals surface area contributed by atoms with E-state index in [0.29, 0.717) is 10.2 Å². The molecule has 1 saturated carbocycles. The molecule has 4 rings (SSSR count). The first-order valence-electron chi connectivity index (χ1n) is 12.8. The Morgan fingerprint density at radius 1 is 0.923 bits per heavy atom. The lowest BCUT2D eigenvalue weighted by molar-refractivity contribution is -0.139. The Bertz CT molecular complexity index is 1400. The van der Waals surface area contributed by atoms with Crippen LogP contribution in [0, 0.1) is 0 Å². The predicted octanol–water partition coefficient (Wildman–Crippen LogP) is 5.88. The number of nitrogens with zero attached hydrogens (tertiary/aromatic N) is 2. The minimum absolute atomic E-state index is 0.0734. The molecule has 0 heterocycles. The van der Waals surface area contributed by atoms with Crippen molar-refractivity contribution >= 4 is 59.4 Å². The second-order valence-electron chi connectivity index (χ2n) is 9.62. The topological polar surface area (TPSA) is 86.8 Å². The molecule has 1 N–H and O–H groups in total. The summed E-state index contributed by atoms with van der Waals surface area (Å²) in [4.78, 5) is 28.8. The van der Waals surface area contributed by atoms with Gasteiger partial charge in [0.1, 0.15) is 12.6 Å². The van der Waals surface area contributed by atoms with Gasteiger partial charge in [0.25, 0.3) is 10.0 Å². The highest BCUT2D eigenvalue weighted by Gasteiger charge is 2.33. The predicted molar refractivity (Wildman–Crippen MR) is 160 cm³/mol. The molecule has 206 valence electrons. The summed E-state index contributed by atoms with van der Waals surface area (Å²) in [5, 5.41) is 3.08. The van der Waals surface area contributed by atoms with Gasteiger partial charge in [-0.15, -0.1) is 0 Å². The Labute approximate surface area is 246 Å². The van der Waals surface area contributed by atoms with E-state index >= 15 is 0 Å². The molecule has 3 aromatic rings. The van der Waals surface area contributed by atoms with Gasteiger partial charge in [0, 0.05) is 21.5 Å². The first kappa shape index (κ1) is 29.3. The third kappa shape index (κ3) is 7.49. The third-order valence-corrected chi connectivity index (χ3v) is 9.65. The van der Waals surface area contributed by atoms with Crippen molar-refractivity contribution in [2.75, 3.05) is 10.8 Å². The molecule has 1 fully saturated rings. The minimum Gasteiger partial charge on any atom is -0.352 e. The van der Waals surface area contributed by atoms with E-state index in [0.717, 1.165) is 40.0 Å². The Morgan fingerprint density at radius 3 is 2.23 bits per heavy atom. The zero-order chi connectivity index (χ0) is 28.0. The lowest BCUT2D eigenvalue weighted by Crippen LogP contribution is -2.52. The van der Waals surface area contributed by atoms with Gasteiger partial charge in [-0.25, -0.2) is 8.42 Å².